The Hall–Kier alpha value is -2.02. The molecule has 0 saturated carbocycles. The average Bonchev–Trinajstić information content (AvgIpc) is 2.27. The molecule has 0 saturated heterocycles. The van der Waals surface area contributed by atoms with Crippen LogP contribution in [0.4, 0.5) is 0 Å². The molecule has 2 rings (SSSR count). The van der Waals surface area contributed by atoms with E-state index >= 15 is 0 Å². The molecule has 2 aromatic rings. The SMILES string of the molecule is Cc1cc(C)cc(/C=C/c2ccc(O)cc2)c1. The first-order valence-corrected chi connectivity index (χ1v) is 5.69. The van der Waals surface area contributed by atoms with Crippen LogP contribution in [0.25, 0.3) is 12.2 Å². The van der Waals surface area contributed by atoms with E-state index in [9.17, 15) is 5.11 Å². The van der Waals surface area contributed by atoms with Crippen molar-refractivity contribution in [2.75, 3.05) is 0 Å². The lowest BCUT2D eigenvalue weighted by atomic mass is 10.1. The first-order valence-electron chi connectivity index (χ1n) is 5.69. The molecule has 17 heavy (non-hydrogen) atoms. The molecule has 0 fully saturated rings. The van der Waals surface area contributed by atoms with E-state index in [2.05, 4.69) is 38.1 Å². The second-order valence-electron chi connectivity index (χ2n) is 4.35. The topological polar surface area (TPSA) is 20.2 Å². The standard InChI is InChI=1S/C16H16O/c1-12-9-13(2)11-15(10-12)4-3-14-5-7-16(17)8-6-14/h3-11,17H,1-2H3/b4-3+. The van der Waals surface area contributed by atoms with Gasteiger partial charge in [-0.3, -0.25) is 0 Å². The van der Waals surface area contributed by atoms with Crippen LogP contribution in [0, 0.1) is 13.8 Å². The number of benzene rings is 2. The summed E-state index contributed by atoms with van der Waals surface area (Å²) in [4.78, 5) is 0. The van der Waals surface area contributed by atoms with Gasteiger partial charge in [0.25, 0.3) is 0 Å². The predicted octanol–water partition coefficient (Wildman–Crippen LogP) is 4.18. The molecule has 0 aliphatic rings. The minimum atomic E-state index is 0.300. The number of hydrogen-bond acceptors (Lipinski definition) is 1. The van der Waals surface area contributed by atoms with Crippen molar-refractivity contribution in [1.29, 1.82) is 0 Å². The molecular formula is C16H16O. The van der Waals surface area contributed by atoms with Crippen LogP contribution in [-0.4, -0.2) is 5.11 Å². The lowest BCUT2D eigenvalue weighted by Crippen LogP contribution is -1.80. The summed E-state index contributed by atoms with van der Waals surface area (Å²) in [6.45, 7) is 4.20. The van der Waals surface area contributed by atoms with Gasteiger partial charge in [-0.2, -0.15) is 0 Å². The summed E-state index contributed by atoms with van der Waals surface area (Å²) in [5, 5.41) is 9.19. The highest BCUT2D eigenvalue weighted by atomic mass is 16.3. The zero-order valence-electron chi connectivity index (χ0n) is 10.1. The smallest absolute Gasteiger partial charge is 0.115 e. The summed E-state index contributed by atoms with van der Waals surface area (Å²) in [5.74, 6) is 0.300. The van der Waals surface area contributed by atoms with Crippen LogP contribution < -0.4 is 0 Å². The number of aryl methyl sites for hydroxylation is 2. The highest BCUT2D eigenvalue weighted by molar-refractivity contribution is 5.70. The molecule has 0 amide bonds. The number of hydrogen-bond donors (Lipinski definition) is 1. The number of phenols is 1. The number of rotatable bonds is 2. The van der Waals surface area contributed by atoms with E-state index in [-0.39, 0.29) is 0 Å². The van der Waals surface area contributed by atoms with E-state index in [1.54, 1.807) is 12.1 Å². The maximum Gasteiger partial charge on any atom is 0.115 e. The van der Waals surface area contributed by atoms with Crippen LogP contribution in [0.1, 0.15) is 22.3 Å². The molecule has 0 heterocycles. The van der Waals surface area contributed by atoms with Gasteiger partial charge in [-0.25, -0.2) is 0 Å². The fraction of sp³-hybridized carbons (Fsp3) is 0.125. The normalized spacial score (nSPS) is 10.9. The minimum absolute atomic E-state index is 0.300. The second kappa shape index (κ2) is 4.88. The molecule has 1 N–H and O–H groups in total. The summed E-state index contributed by atoms with van der Waals surface area (Å²) < 4.78 is 0. The van der Waals surface area contributed by atoms with E-state index in [0.717, 1.165) is 5.56 Å². The van der Waals surface area contributed by atoms with Gasteiger partial charge in [0.1, 0.15) is 5.75 Å². The molecule has 2 aromatic carbocycles. The Morgan fingerprint density at radius 1 is 0.765 bits per heavy atom. The molecule has 0 aromatic heterocycles. The summed E-state index contributed by atoms with van der Waals surface area (Å²) in [6, 6.07) is 13.7. The van der Waals surface area contributed by atoms with E-state index in [0.29, 0.717) is 5.75 Å². The molecule has 0 aliphatic heterocycles. The van der Waals surface area contributed by atoms with Crippen LogP contribution in [0.5, 0.6) is 5.75 Å². The molecule has 0 radical (unpaired) electrons. The first-order chi connectivity index (χ1) is 8.13. The van der Waals surface area contributed by atoms with Gasteiger partial charge in [-0.1, -0.05) is 53.6 Å². The van der Waals surface area contributed by atoms with Gasteiger partial charge in [0.05, 0.1) is 0 Å². The van der Waals surface area contributed by atoms with Crippen molar-refractivity contribution in [3.8, 4) is 5.75 Å². The van der Waals surface area contributed by atoms with Crippen LogP contribution in [-0.2, 0) is 0 Å². The Morgan fingerprint density at radius 3 is 1.88 bits per heavy atom. The Labute approximate surface area is 102 Å². The second-order valence-corrected chi connectivity index (χ2v) is 4.35. The fourth-order valence-electron chi connectivity index (χ4n) is 1.88. The Morgan fingerprint density at radius 2 is 1.29 bits per heavy atom. The molecule has 0 aliphatic carbocycles. The van der Waals surface area contributed by atoms with Crippen molar-refractivity contribution in [3.63, 3.8) is 0 Å². The Bertz CT molecular complexity index is 516. The first kappa shape index (κ1) is 11.5. The van der Waals surface area contributed by atoms with Crippen molar-refractivity contribution in [2.45, 2.75) is 13.8 Å². The molecule has 1 heteroatoms. The molecule has 0 spiro atoms. The van der Waals surface area contributed by atoms with Crippen LogP contribution in [0.15, 0.2) is 42.5 Å². The Kier molecular flexibility index (Phi) is 3.29. The third-order valence-electron chi connectivity index (χ3n) is 2.61. The van der Waals surface area contributed by atoms with Crippen LogP contribution in [0.2, 0.25) is 0 Å². The number of phenolic OH excluding ortho intramolecular Hbond substituents is 1. The van der Waals surface area contributed by atoms with Crippen molar-refractivity contribution in [3.05, 3.63) is 64.7 Å². The third kappa shape index (κ3) is 3.22. The monoisotopic (exact) mass is 224 g/mol. The quantitative estimate of drug-likeness (QED) is 0.759. The molecule has 86 valence electrons. The third-order valence-corrected chi connectivity index (χ3v) is 2.61. The summed E-state index contributed by atoms with van der Waals surface area (Å²) >= 11 is 0. The highest BCUT2D eigenvalue weighted by Crippen LogP contribution is 2.14. The zero-order valence-corrected chi connectivity index (χ0v) is 10.1. The van der Waals surface area contributed by atoms with E-state index in [4.69, 9.17) is 0 Å². The maximum absolute atomic E-state index is 9.19. The van der Waals surface area contributed by atoms with Crippen molar-refractivity contribution < 1.29 is 5.11 Å². The summed E-state index contributed by atoms with van der Waals surface area (Å²) in [7, 11) is 0. The van der Waals surface area contributed by atoms with Gasteiger partial charge in [-0.05, 0) is 37.1 Å². The highest BCUT2D eigenvalue weighted by Gasteiger charge is 1.92. The van der Waals surface area contributed by atoms with E-state index in [1.807, 2.05) is 18.2 Å². The predicted molar refractivity (Wildman–Crippen MR) is 73.0 cm³/mol. The van der Waals surface area contributed by atoms with Gasteiger partial charge in [-0.15, -0.1) is 0 Å². The van der Waals surface area contributed by atoms with E-state index in [1.165, 1.54) is 16.7 Å². The molecule has 0 unspecified atom stereocenters. The molecule has 0 bridgehead atoms. The van der Waals surface area contributed by atoms with Crippen LogP contribution >= 0.6 is 0 Å². The largest absolute Gasteiger partial charge is 0.508 e. The molecular weight excluding hydrogens is 208 g/mol. The van der Waals surface area contributed by atoms with Gasteiger partial charge >= 0.3 is 0 Å². The zero-order chi connectivity index (χ0) is 12.3. The lowest BCUT2D eigenvalue weighted by molar-refractivity contribution is 0.475. The summed E-state index contributed by atoms with van der Waals surface area (Å²) in [6.07, 6.45) is 4.14. The maximum atomic E-state index is 9.19. The van der Waals surface area contributed by atoms with Crippen molar-refractivity contribution in [1.82, 2.24) is 0 Å². The molecule has 1 nitrogen and oxygen atoms in total. The lowest BCUT2D eigenvalue weighted by Gasteiger charge is -2.00. The van der Waals surface area contributed by atoms with Gasteiger partial charge in [0.15, 0.2) is 0 Å². The average molecular weight is 224 g/mol. The van der Waals surface area contributed by atoms with Crippen LogP contribution in [0.3, 0.4) is 0 Å². The van der Waals surface area contributed by atoms with Crippen molar-refractivity contribution in [2.24, 2.45) is 0 Å². The fourth-order valence-corrected chi connectivity index (χ4v) is 1.88. The van der Waals surface area contributed by atoms with Crippen molar-refractivity contribution >= 4 is 12.2 Å². The Balaban J connectivity index is 2.22. The summed E-state index contributed by atoms with van der Waals surface area (Å²) in [5.41, 5.74) is 4.84. The number of aromatic hydroxyl groups is 1. The van der Waals surface area contributed by atoms with Gasteiger partial charge in [0.2, 0.25) is 0 Å². The van der Waals surface area contributed by atoms with E-state index < -0.39 is 0 Å². The van der Waals surface area contributed by atoms with Gasteiger partial charge in [0, 0.05) is 0 Å². The van der Waals surface area contributed by atoms with Gasteiger partial charge < -0.3 is 5.11 Å². The minimum Gasteiger partial charge on any atom is -0.508 e. The molecule has 0 atom stereocenters.